The zero-order valence-corrected chi connectivity index (χ0v) is 10.6. The van der Waals surface area contributed by atoms with Gasteiger partial charge in [0.1, 0.15) is 11.1 Å². The largest absolute Gasteiger partial charge is 0.444 e. The second kappa shape index (κ2) is 4.08. The molecule has 0 aliphatic heterocycles. The van der Waals surface area contributed by atoms with E-state index < -0.39 is 35.6 Å². The van der Waals surface area contributed by atoms with Gasteiger partial charge in [0, 0.05) is 12.5 Å². The summed E-state index contributed by atoms with van der Waals surface area (Å²) in [6, 6.07) is -0.773. The Balaban J connectivity index is 2.68. The molecule has 2 atom stereocenters. The molecule has 0 bridgehead atoms. The predicted octanol–water partition coefficient (Wildman–Crippen LogP) is 2.03. The first kappa shape index (κ1) is 14.2. The van der Waals surface area contributed by atoms with Crippen molar-refractivity contribution in [3.63, 3.8) is 0 Å². The van der Waals surface area contributed by atoms with E-state index in [0.29, 0.717) is 6.42 Å². The van der Waals surface area contributed by atoms with Gasteiger partial charge in [0.05, 0.1) is 0 Å². The number of amides is 1. The zero-order valence-electron chi connectivity index (χ0n) is 10.6. The van der Waals surface area contributed by atoms with Gasteiger partial charge in [0.15, 0.2) is 0 Å². The van der Waals surface area contributed by atoms with E-state index in [2.05, 4.69) is 5.32 Å². The number of carbonyl (C=O) groups is 1. The van der Waals surface area contributed by atoms with E-state index in [1.165, 1.54) is 0 Å². The monoisotopic (exact) mass is 250 g/mol. The number of alkyl carbamates (subject to hydrolysis) is 1. The number of hydrogen-bond acceptors (Lipinski definition) is 3. The van der Waals surface area contributed by atoms with E-state index in [-0.39, 0.29) is 0 Å². The average molecular weight is 250 g/mol. The standard InChI is InChI=1S/C11H20F2N2O2/c1-5-7(14)10(6-11(10,12)13)15-8(16)17-9(2,3)4/h7H,5-6,14H2,1-4H3,(H,15,16). The van der Waals surface area contributed by atoms with Crippen LogP contribution in [0.5, 0.6) is 0 Å². The van der Waals surface area contributed by atoms with Crippen LogP contribution < -0.4 is 11.1 Å². The molecule has 1 fully saturated rings. The van der Waals surface area contributed by atoms with Crippen LogP contribution in [0.1, 0.15) is 40.5 Å². The Morgan fingerprint density at radius 1 is 1.53 bits per heavy atom. The van der Waals surface area contributed by atoms with Crippen molar-refractivity contribution in [1.29, 1.82) is 0 Å². The molecule has 2 unspecified atom stereocenters. The summed E-state index contributed by atoms with van der Waals surface area (Å²) in [5.74, 6) is -2.95. The lowest BCUT2D eigenvalue weighted by atomic mass is 10.0. The number of hydrogen-bond donors (Lipinski definition) is 2. The SMILES string of the molecule is CCC(N)C1(NC(=O)OC(C)(C)C)CC1(F)F. The van der Waals surface area contributed by atoms with E-state index in [1.54, 1.807) is 27.7 Å². The van der Waals surface area contributed by atoms with Crippen LogP contribution in [0, 0.1) is 0 Å². The van der Waals surface area contributed by atoms with Crippen molar-refractivity contribution in [3.05, 3.63) is 0 Å². The van der Waals surface area contributed by atoms with E-state index >= 15 is 0 Å². The lowest BCUT2D eigenvalue weighted by Gasteiger charge is -2.26. The predicted molar refractivity (Wildman–Crippen MR) is 59.9 cm³/mol. The summed E-state index contributed by atoms with van der Waals surface area (Å²) in [6.07, 6.45) is -0.904. The third-order valence-corrected chi connectivity index (χ3v) is 2.83. The fourth-order valence-electron chi connectivity index (χ4n) is 1.77. The Hall–Kier alpha value is -0.910. The summed E-state index contributed by atoms with van der Waals surface area (Å²) in [5, 5.41) is 2.23. The van der Waals surface area contributed by atoms with Crippen LogP contribution in [0.3, 0.4) is 0 Å². The Bertz CT molecular complexity index is 315. The third kappa shape index (κ3) is 2.86. The molecule has 6 heteroatoms. The molecule has 17 heavy (non-hydrogen) atoms. The van der Waals surface area contributed by atoms with Gasteiger partial charge < -0.3 is 15.8 Å². The molecule has 0 aromatic heterocycles. The minimum Gasteiger partial charge on any atom is -0.444 e. The van der Waals surface area contributed by atoms with Crippen LogP contribution in [-0.4, -0.2) is 29.2 Å². The van der Waals surface area contributed by atoms with Gasteiger partial charge in [-0.1, -0.05) is 6.92 Å². The zero-order chi connectivity index (χ0) is 13.5. The van der Waals surface area contributed by atoms with Crippen molar-refractivity contribution in [3.8, 4) is 0 Å². The van der Waals surface area contributed by atoms with E-state index in [4.69, 9.17) is 10.5 Å². The second-order valence-corrected chi connectivity index (χ2v) is 5.49. The summed E-state index contributed by atoms with van der Waals surface area (Å²) in [6.45, 7) is 6.72. The Labute approximate surface area is 99.9 Å². The number of carbonyl (C=O) groups excluding carboxylic acids is 1. The molecule has 0 spiro atoms. The lowest BCUT2D eigenvalue weighted by molar-refractivity contribution is 0.0324. The van der Waals surface area contributed by atoms with Gasteiger partial charge in [-0.05, 0) is 27.2 Å². The highest BCUT2D eigenvalue weighted by Crippen LogP contribution is 2.54. The molecule has 1 amide bonds. The fraction of sp³-hybridized carbons (Fsp3) is 0.909. The maximum Gasteiger partial charge on any atom is 0.408 e. The minimum absolute atomic E-state index is 0.366. The third-order valence-electron chi connectivity index (χ3n) is 2.83. The summed E-state index contributed by atoms with van der Waals surface area (Å²) >= 11 is 0. The van der Waals surface area contributed by atoms with Gasteiger partial charge >= 0.3 is 6.09 Å². The van der Waals surface area contributed by atoms with Crippen LogP contribution in [0.4, 0.5) is 13.6 Å². The van der Waals surface area contributed by atoms with Crippen LogP contribution in [0.25, 0.3) is 0 Å². The maximum atomic E-state index is 13.3. The first-order valence-corrected chi connectivity index (χ1v) is 5.68. The molecule has 0 saturated heterocycles. The first-order chi connectivity index (χ1) is 7.54. The molecular weight excluding hydrogens is 230 g/mol. The van der Waals surface area contributed by atoms with Crippen LogP contribution in [0.15, 0.2) is 0 Å². The Morgan fingerprint density at radius 3 is 2.29 bits per heavy atom. The van der Waals surface area contributed by atoms with E-state index in [9.17, 15) is 13.6 Å². The summed E-state index contributed by atoms with van der Waals surface area (Å²) < 4.78 is 31.6. The van der Waals surface area contributed by atoms with Gasteiger partial charge in [-0.15, -0.1) is 0 Å². The van der Waals surface area contributed by atoms with Crippen molar-refractivity contribution >= 4 is 6.09 Å². The molecule has 1 aliphatic rings. The molecule has 3 N–H and O–H groups in total. The van der Waals surface area contributed by atoms with Gasteiger partial charge in [-0.25, -0.2) is 13.6 Å². The molecule has 1 aliphatic carbocycles. The molecule has 0 aromatic carbocycles. The van der Waals surface area contributed by atoms with Crippen LogP contribution in [-0.2, 0) is 4.74 Å². The molecular formula is C11H20F2N2O2. The van der Waals surface area contributed by atoms with Gasteiger partial charge in [0.2, 0.25) is 0 Å². The molecule has 100 valence electrons. The van der Waals surface area contributed by atoms with Crippen molar-refractivity contribution < 1.29 is 18.3 Å². The molecule has 1 saturated carbocycles. The quantitative estimate of drug-likeness (QED) is 0.805. The molecule has 0 heterocycles. The highest BCUT2D eigenvalue weighted by molar-refractivity contribution is 5.70. The van der Waals surface area contributed by atoms with E-state index in [1.807, 2.05) is 0 Å². The van der Waals surface area contributed by atoms with Crippen molar-refractivity contribution in [2.24, 2.45) is 5.73 Å². The lowest BCUT2D eigenvalue weighted by Crippen LogP contribution is -2.54. The minimum atomic E-state index is -2.95. The van der Waals surface area contributed by atoms with Gasteiger partial charge in [0.25, 0.3) is 5.92 Å². The highest BCUT2D eigenvalue weighted by atomic mass is 19.3. The summed E-state index contributed by atoms with van der Waals surface area (Å²) in [5.41, 5.74) is 3.30. The smallest absolute Gasteiger partial charge is 0.408 e. The number of alkyl halides is 2. The van der Waals surface area contributed by atoms with Crippen molar-refractivity contribution in [2.75, 3.05) is 0 Å². The average Bonchev–Trinajstić information content (AvgIpc) is 2.64. The number of halogens is 2. The number of rotatable bonds is 3. The Kier molecular flexibility index (Phi) is 3.40. The molecule has 0 radical (unpaired) electrons. The normalized spacial score (nSPS) is 28.4. The van der Waals surface area contributed by atoms with Crippen LogP contribution in [0.2, 0.25) is 0 Å². The molecule has 0 aromatic rings. The van der Waals surface area contributed by atoms with Crippen molar-refractivity contribution in [1.82, 2.24) is 5.32 Å². The second-order valence-electron chi connectivity index (χ2n) is 5.49. The fourth-order valence-corrected chi connectivity index (χ4v) is 1.77. The highest BCUT2D eigenvalue weighted by Gasteiger charge is 2.74. The summed E-state index contributed by atoms with van der Waals surface area (Å²) in [7, 11) is 0. The number of ether oxygens (including phenoxy) is 1. The van der Waals surface area contributed by atoms with Crippen LogP contribution >= 0.6 is 0 Å². The maximum absolute atomic E-state index is 13.3. The van der Waals surface area contributed by atoms with Gasteiger partial charge in [-0.2, -0.15) is 0 Å². The summed E-state index contributed by atoms with van der Waals surface area (Å²) in [4.78, 5) is 11.5. The number of nitrogens with two attached hydrogens (primary N) is 1. The van der Waals surface area contributed by atoms with Gasteiger partial charge in [-0.3, -0.25) is 0 Å². The van der Waals surface area contributed by atoms with Crippen molar-refractivity contribution in [2.45, 2.75) is 63.6 Å². The molecule has 1 rings (SSSR count). The van der Waals surface area contributed by atoms with E-state index in [0.717, 1.165) is 0 Å². The molecule has 4 nitrogen and oxygen atoms in total. The number of nitrogens with one attached hydrogen (secondary N) is 1. The first-order valence-electron chi connectivity index (χ1n) is 5.68. The topological polar surface area (TPSA) is 64.3 Å². The Morgan fingerprint density at radius 2 is 2.00 bits per heavy atom.